The zero-order valence-electron chi connectivity index (χ0n) is 25.8. The molecule has 0 spiro atoms. The molecule has 1 aliphatic rings. The topological polar surface area (TPSA) is 113 Å². The van der Waals surface area contributed by atoms with Crippen molar-refractivity contribution in [3.05, 3.63) is 102 Å². The summed E-state index contributed by atoms with van der Waals surface area (Å²) in [6.45, 7) is 9.14. The van der Waals surface area contributed by atoms with E-state index in [1.54, 1.807) is 17.2 Å². The Bertz CT molecular complexity index is 1780. The first-order valence-electron chi connectivity index (χ1n) is 15.3. The molecule has 9 heteroatoms. The number of H-pyrrole nitrogens is 1. The second-order valence-corrected chi connectivity index (χ2v) is 12.5. The molecule has 2 aromatic carbocycles. The Morgan fingerprint density at radius 1 is 1.05 bits per heavy atom. The van der Waals surface area contributed by atoms with E-state index >= 15 is 0 Å². The molecule has 6 rings (SSSR count). The van der Waals surface area contributed by atoms with E-state index < -0.39 is 0 Å². The Hall–Kier alpha value is -4.76. The van der Waals surface area contributed by atoms with Crippen molar-refractivity contribution in [3.8, 4) is 5.69 Å². The van der Waals surface area contributed by atoms with Crippen LogP contribution in [-0.2, 0) is 11.8 Å². The Morgan fingerprint density at radius 2 is 1.89 bits per heavy atom. The number of aromatic nitrogens is 5. The molecule has 0 fully saturated rings. The van der Waals surface area contributed by atoms with Gasteiger partial charge in [0.05, 0.1) is 35.3 Å². The van der Waals surface area contributed by atoms with Gasteiger partial charge in [0, 0.05) is 47.8 Å². The lowest BCUT2D eigenvalue weighted by molar-refractivity contribution is 0.262. The maximum atomic E-state index is 13.4. The monoisotopic (exact) mass is 588 g/mol. The van der Waals surface area contributed by atoms with Crippen molar-refractivity contribution in [2.75, 3.05) is 17.2 Å². The maximum Gasteiger partial charge on any atom is 0.324 e. The smallest absolute Gasteiger partial charge is 0.324 e. The summed E-state index contributed by atoms with van der Waals surface area (Å²) in [6, 6.07) is 18.2. The molecule has 3 aromatic heterocycles. The van der Waals surface area contributed by atoms with Crippen molar-refractivity contribution in [2.24, 2.45) is 0 Å². The Morgan fingerprint density at radius 3 is 2.64 bits per heavy atom. The third kappa shape index (κ3) is 6.58. The van der Waals surface area contributed by atoms with Gasteiger partial charge in [-0.25, -0.2) is 14.5 Å². The van der Waals surface area contributed by atoms with Gasteiger partial charge in [0.15, 0.2) is 0 Å². The quantitative estimate of drug-likeness (QED) is 0.154. The number of aryl methyl sites for hydroxylation is 1. The number of imidazole rings is 1. The highest BCUT2D eigenvalue weighted by Crippen LogP contribution is 2.35. The van der Waals surface area contributed by atoms with Gasteiger partial charge in [-0.3, -0.25) is 10.3 Å². The van der Waals surface area contributed by atoms with Crippen LogP contribution in [0.4, 0.5) is 16.3 Å². The van der Waals surface area contributed by atoms with Crippen LogP contribution in [0, 0.1) is 6.92 Å². The first-order valence-corrected chi connectivity index (χ1v) is 15.3. The van der Waals surface area contributed by atoms with Crippen molar-refractivity contribution in [3.63, 3.8) is 0 Å². The lowest BCUT2D eigenvalue weighted by atomic mass is 9.88. The zero-order valence-corrected chi connectivity index (χ0v) is 25.8. The van der Waals surface area contributed by atoms with E-state index in [4.69, 9.17) is 5.10 Å². The van der Waals surface area contributed by atoms with Gasteiger partial charge in [0.2, 0.25) is 0 Å². The van der Waals surface area contributed by atoms with Crippen LogP contribution >= 0.6 is 0 Å². The van der Waals surface area contributed by atoms with E-state index in [9.17, 15) is 4.79 Å². The standard InChI is InChI=1S/C35H40N8O/c1-23-12-13-27(21-38-23)43-33(19-32(42-43)35(2,3)4)41-34(44)40-31-15-14-28(29-10-5-6-11-30(29)31)24-8-7-9-25(18-24)37-17-16-26-20-36-22-39-26/h5-6,10-15,18-22,25,37H,7-9,16-17H2,1-4H3,(H,36,39)(H2,40,41,44). The van der Waals surface area contributed by atoms with Gasteiger partial charge in [0.1, 0.15) is 5.82 Å². The number of nitrogens with zero attached hydrogens (tertiary/aromatic N) is 4. The summed E-state index contributed by atoms with van der Waals surface area (Å²) in [7, 11) is 0. The summed E-state index contributed by atoms with van der Waals surface area (Å²) < 4.78 is 1.74. The van der Waals surface area contributed by atoms with Crippen molar-refractivity contribution in [1.82, 2.24) is 30.0 Å². The number of fused-ring (bicyclic) bond motifs is 1. The minimum absolute atomic E-state index is 0.190. The molecule has 4 N–H and O–H groups in total. The van der Waals surface area contributed by atoms with Gasteiger partial charge >= 0.3 is 6.03 Å². The maximum absolute atomic E-state index is 13.4. The van der Waals surface area contributed by atoms with Gasteiger partial charge in [0.25, 0.3) is 0 Å². The average Bonchev–Trinajstić information content (AvgIpc) is 3.68. The van der Waals surface area contributed by atoms with E-state index in [1.807, 2.05) is 43.5 Å². The molecular weight excluding hydrogens is 548 g/mol. The molecule has 226 valence electrons. The van der Waals surface area contributed by atoms with Crippen LogP contribution in [0.25, 0.3) is 22.0 Å². The second kappa shape index (κ2) is 12.5. The van der Waals surface area contributed by atoms with Gasteiger partial charge in [-0.2, -0.15) is 5.10 Å². The van der Waals surface area contributed by atoms with Crippen LogP contribution in [0.3, 0.4) is 0 Å². The summed E-state index contributed by atoms with van der Waals surface area (Å²) in [6.07, 6.45) is 12.0. The fraction of sp³-hybridized carbons (Fsp3) is 0.314. The number of carbonyl (C=O) groups excluding carboxylic acids is 1. The van der Waals surface area contributed by atoms with Crippen LogP contribution in [-0.4, -0.2) is 43.4 Å². The van der Waals surface area contributed by atoms with Gasteiger partial charge < -0.3 is 15.6 Å². The molecular formula is C35H40N8O. The Balaban J connectivity index is 1.22. The number of amides is 2. The number of pyridine rings is 1. The van der Waals surface area contributed by atoms with Gasteiger partial charge in [-0.1, -0.05) is 57.2 Å². The number of urea groups is 1. The number of carbonyl (C=O) groups is 1. The van der Waals surface area contributed by atoms with E-state index in [0.717, 1.165) is 71.5 Å². The SMILES string of the molecule is Cc1ccc(-n2nc(C(C)(C)C)cc2NC(=O)Nc2ccc(C3=CC(NCCc4c[nH]cn4)CCC3)c3ccccc23)cn1. The number of aromatic amines is 1. The Labute approximate surface area is 258 Å². The largest absolute Gasteiger partial charge is 0.351 e. The highest BCUT2D eigenvalue weighted by Gasteiger charge is 2.22. The number of allylic oxidation sites excluding steroid dienone is 1. The molecule has 0 bridgehead atoms. The predicted octanol–water partition coefficient (Wildman–Crippen LogP) is 7.16. The van der Waals surface area contributed by atoms with Crippen molar-refractivity contribution >= 4 is 33.9 Å². The number of nitrogens with one attached hydrogen (secondary N) is 4. The third-order valence-corrected chi connectivity index (χ3v) is 8.08. The number of anilines is 2. The van der Waals surface area contributed by atoms with Crippen LogP contribution in [0.2, 0.25) is 0 Å². The predicted molar refractivity (Wildman–Crippen MR) is 177 cm³/mol. The molecule has 44 heavy (non-hydrogen) atoms. The molecule has 1 aliphatic carbocycles. The molecule has 2 amide bonds. The normalized spacial score (nSPS) is 15.3. The molecule has 1 unspecified atom stereocenters. The summed E-state index contributed by atoms with van der Waals surface area (Å²) in [5, 5.41) is 16.8. The van der Waals surface area contributed by atoms with Crippen LogP contribution in [0.1, 0.15) is 62.7 Å². The minimum Gasteiger partial charge on any atom is -0.351 e. The Kier molecular flexibility index (Phi) is 8.30. The molecule has 0 aliphatic heterocycles. The number of hydrogen-bond donors (Lipinski definition) is 4. The van der Waals surface area contributed by atoms with Crippen LogP contribution in [0.5, 0.6) is 0 Å². The van der Waals surface area contributed by atoms with E-state index in [-0.39, 0.29) is 11.4 Å². The third-order valence-electron chi connectivity index (χ3n) is 8.08. The summed E-state index contributed by atoms with van der Waals surface area (Å²) in [4.78, 5) is 25.2. The van der Waals surface area contributed by atoms with Crippen molar-refractivity contribution in [1.29, 1.82) is 0 Å². The first kappa shape index (κ1) is 29.3. The van der Waals surface area contributed by atoms with Crippen molar-refractivity contribution in [2.45, 2.75) is 64.8 Å². The van der Waals surface area contributed by atoms with Crippen LogP contribution in [0.15, 0.2) is 79.4 Å². The second-order valence-electron chi connectivity index (χ2n) is 12.5. The highest BCUT2D eigenvalue weighted by atomic mass is 16.2. The fourth-order valence-corrected chi connectivity index (χ4v) is 5.70. The fourth-order valence-electron chi connectivity index (χ4n) is 5.70. The summed E-state index contributed by atoms with van der Waals surface area (Å²) in [5.41, 5.74) is 6.76. The molecule has 9 nitrogen and oxygen atoms in total. The number of hydrogen-bond acceptors (Lipinski definition) is 5. The lowest BCUT2D eigenvalue weighted by Gasteiger charge is -2.24. The van der Waals surface area contributed by atoms with Crippen LogP contribution < -0.4 is 16.0 Å². The molecule has 0 saturated carbocycles. The molecule has 1 atom stereocenters. The summed E-state index contributed by atoms with van der Waals surface area (Å²) >= 11 is 0. The van der Waals surface area contributed by atoms with E-state index in [1.165, 1.54) is 11.1 Å². The first-order chi connectivity index (χ1) is 21.2. The zero-order chi connectivity index (χ0) is 30.7. The molecule has 0 saturated heterocycles. The van der Waals surface area contributed by atoms with E-state index in [2.05, 4.69) is 82.0 Å². The van der Waals surface area contributed by atoms with Gasteiger partial charge in [-0.05, 0) is 60.9 Å². The molecule has 5 aromatic rings. The molecule has 0 radical (unpaired) electrons. The van der Waals surface area contributed by atoms with Gasteiger partial charge in [-0.15, -0.1) is 0 Å². The summed E-state index contributed by atoms with van der Waals surface area (Å²) in [5.74, 6) is 0.581. The highest BCUT2D eigenvalue weighted by molar-refractivity contribution is 6.08. The number of benzene rings is 2. The minimum atomic E-state index is -0.331. The van der Waals surface area contributed by atoms with Crippen molar-refractivity contribution < 1.29 is 4.79 Å². The number of rotatable bonds is 8. The lowest BCUT2D eigenvalue weighted by Crippen LogP contribution is -2.31. The molecule has 3 heterocycles. The van der Waals surface area contributed by atoms with E-state index in [0.29, 0.717) is 11.9 Å². The average molecular weight is 589 g/mol.